The fourth-order valence-corrected chi connectivity index (χ4v) is 2.07. The predicted molar refractivity (Wildman–Crippen MR) is 84.1 cm³/mol. The third-order valence-corrected chi connectivity index (χ3v) is 3.23. The molecule has 2 aromatic rings. The Balaban J connectivity index is 1.78. The molecule has 0 heterocycles. The molecule has 0 N–H and O–H groups in total. The molecule has 0 unspecified atom stereocenters. The summed E-state index contributed by atoms with van der Waals surface area (Å²) in [6, 6.07) is 18.9. The summed E-state index contributed by atoms with van der Waals surface area (Å²) in [4.78, 5) is 2.14. The number of likely N-dealkylation sites (N-methyl/N-ethyl adjacent to an activating group) is 1. The highest BCUT2D eigenvalue weighted by molar-refractivity contribution is 5.34. The number of benzene rings is 2. The molecule has 0 spiro atoms. The molecule has 0 saturated carbocycles. The third kappa shape index (κ3) is 4.63. The molecule has 2 rings (SSSR count). The minimum absolute atomic E-state index is 0.570. The van der Waals surface area contributed by atoms with Gasteiger partial charge in [0.25, 0.3) is 0 Å². The maximum absolute atomic E-state index is 8.90. The molecule has 4 nitrogen and oxygen atoms in total. The number of nitrogens with zero attached hydrogens (tertiary/aromatic N) is 3. The van der Waals surface area contributed by atoms with Gasteiger partial charge in [-0.05, 0) is 49.0 Å². The van der Waals surface area contributed by atoms with Gasteiger partial charge in [-0.15, -0.1) is 0 Å². The van der Waals surface area contributed by atoms with E-state index in [1.807, 2.05) is 25.2 Å². The van der Waals surface area contributed by atoms with Crippen LogP contribution in [-0.2, 0) is 6.54 Å². The molecule has 0 aromatic heterocycles. The van der Waals surface area contributed by atoms with E-state index in [0.717, 1.165) is 24.4 Å². The van der Waals surface area contributed by atoms with E-state index in [-0.39, 0.29) is 0 Å². The van der Waals surface area contributed by atoms with Gasteiger partial charge in [-0.2, -0.15) is 10.5 Å². The van der Waals surface area contributed by atoms with Gasteiger partial charge in [0.15, 0.2) is 0 Å². The largest absolute Gasteiger partial charge is 0.492 e. The van der Waals surface area contributed by atoms with Crippen LogP contribution in [0.25, 0.3) is 0 Å². The highest BCUT2D eigenvalue weighted by Gasteiger charge is 2.02. The second kappa shape index (κ2) is 7.83. The molecular weight excluding hydrogens is 274 g/mol. The van der Waals surface area contributed by atoms with Crippen molar-refractivity contribution in [3.8, 4) is 17.9 Å². The van der Waals surface area contributed by atoms with Crippen molar-refractivity contribution in [1.82, 2.24) is 4.90 Å². The van der Waals surface area contributed by atoms with Crippen LogP contribution in [0.1, 0.15) is 16.7 Å². The number of ether oxygens (including phenoxy) is 1. The molecule has 0 bridgehead atoms. The minimum Gasteiger partial charge on any atom is -0.492 e. The molecule has 0 aliphatic rings. The first kappa shape index (κ1) is 15.6. The van der Waals surface area contributed by atoms with Crippen molar-refractivity contribution in [2.24, 2.45) is 0 Å². The van der Waals surface area contributed by atoms with Crippen LogP contribution in [0.15, 0.2) is 48.5 Å². The SMILES string of the molecule is CN(CCOc1ccc(C#N)cc1)Cc1cccc(C#N)c1. The quantitative estimate of drug-likeness (QED) is 0.821. The number of hydrogen-bond acceptors (Lipinski definition) is 4. The van der Waals surface area contributed by atoms with E-state index >= 15 is 0 Å². The van der Waals surface area contributed by atoms with Crippen LogP contribution in [0.3, 0.4) is 0 Å². The lowest BCUT2D eigenvalue weighted by molar-refractivity contribution is 0.233. The van der Waals surface area contributed by atoms with Gasteiger partial charge in [0.2, 0.25) is 0 Å². The van der Waals surface area contributed by atoms with Crippen LogP contribution < -0.4 is 4.74 Å². The Morgan fingerprint density at radius 1 is 1.00 bits per heavy atom. The average molecular weight is 291 g/mol. The summed E-state index contributed by atoms with van der Waals surface area (Å²) in [6.45, 7) is 2.11. The predicted octanol–water partition coefficient (Wildman–Crippen LogP) is 2.94. The maximum Gasteiger partial charge on any atom is 0.119 e. The maximum atomic E-state index is 8.90. The first-order valence-electron chi connectivity index (χ1n) is 7.02. The molecule has 0 aliphatic carbocycles. The molecule has 2 aromatic carbocycles. The summed E-state index contributed by atoms with van der Waals surface area (Å²) in [5.41, 5.74) is 2.42. The molecule has 4 heteroatoms. The van der Waals surface area contributed by atoms with Crippen molar-refractivity contribution in [2.75, 3.05) is 20.2 Å². The number of nitriles is 2. The smallest absolute Gasteiger partial charge is 0.119 e. The van der Waals surface area contributed by atoms with E-state index in [1.165, 1.54) is 0 Å². The summed E-state index contributed by atoms with van der Waals surface area (Å²) in [6.07, 6.45) is 0. The van der Waals surface area contributed by atoms with Gasteiger partial charge in [-0.3, -0.25) is 4.90 Å². The lowest BCUT2D eigenvalue weighted by atomic mass is 10.1. The van der Waals surface area contributed by atoms with Crippen molar-refractivity contribution in [3.63, 3.8) is 0 Å². The van der Waals surface area contributed by atoms with Crippen molar-refractivity contribution in [2.45, 2.75) is 6.54 Å². The van der Waals surface area contributed by atoms with E-state index in [4.69, 9.17) is 15.3 Å². The molecule has 0 amide bonds. The molecule has 0 saturated heterocycles. The minimum atomic E-state index is 0.570. The summed E-state index contributed by atoms with van der Waals surface area (Å²) in [5, 5.41) is 17.6. The summed E-state index contributed by atoms with van der Waals surface area (Å²) < 4.78 is 5.66. The summed E-state index contributed by atoms with van der Waals surface area (Å²) >= 11 is 0. The highest BCUT2D eigenvalue weighted by Crippen LogP contribution is 2.12. The second-order valence-corrected chi connectivity index (χ2v) is 5.03. The van der Waals surface area contributed by atoms with Gasteiger partial charge in [0.1, 0.15) is 12.4 Å². The van der Waals surface area contributed by atoms with E-state index in [0.29, 0.717) is 17.7 Å². The first-order valence-corrected chi connectivity index (χ1v) is 7.02. The second-order valence-electron chi connectivity index (χ2n) is 5.03. The van der Waals surface area contributed by atoms with Crippen molar-refractivity contribution in [3.05, 3.63) is 65.2 Å². The molecule has 0 atom stereocenters. The topological polar surface area (TPSA) is 60.0 Å². The summed E-state index contributed by atoms with van der Waals surface area (Å²) in [7, 11) is 2.02. The normalized spacial score (nSPS) is 10.0. The van der Waals surface area contributed by atoms with Crippen molar-refractivity contribution >= 4 is 0 Å². The zero-order valence-corrected chi connectivity index (χ0v) is 12.5. The lowest BCUT2D eigenvalue weighted by Gasteiger charge is -2.17. The Labute approximate surface area is 130 Å². The third-order valence-electron chi connectivity index (χ3n) is 3.23. The standard InChI is InChI=1S/C18H17N3O/c1-21(14-17-4-2-3-16(11-17)13-20)9-10-22-18-7-5-15(12-19)6-8-18/h2-8,11H,9-10,14H2,1H3. The van der Waals surface area contributed by atoms with Crippen LogP contribution >= 0.6 is 0 Å². The van der Waals surface area contributed by atoms with E-state index < -0.39 is 0 Å². The molecule has 22 heavy (non-hydrogen) atoms. The molecule has 0 radical (unpaired) electrons. The Bertz CT molecular complexity index is 696. The van der Waals surface area contributed by atoms with Crippen molar-refractivity contribution in [1.29, 1.82) is 10.5 Å². The summed E-state index contributed by atoms with van der Waals surface area (Å²) in [5.74, 6) is 0.763. The van der Waals surface area contributed by atoms with Crippen LogP contribution in [0.2, 0.25) is 0 Å². The molecule has 0 fully saturated rings. The zero-order chi connectivity index (χ0) is 15.8. The molecule has 110 valence electrons. The van der Waals surface area contributed by atoms with E-state index in [1.54, 1.807) is 30.3 Å². The first-order chi connectivity index (χ1) is 10.7. The highest BCUT2D eigenvalue weighted by atomic mass is 16.5. The molecular formula is C18H17N3O. The van der Waals surface area contributed by atoms with Crippen LogP contribution in [0.5, 0.6) is 5.75 Å². The lowest BCUT2D eigenvalue weighted by Crippen LogP contribution is -2.23. The van der Waals surface area contributed by atoms with Gasteiger partial charge >= 0.3 is 0 Å². The van der Waals surface area contributed by atoms with E-state index in [9.17, 15) is 0 Å². The fraction of sp³-hybridized carbons (Fsp3) is 0.222. The van der Waals surface area contributed by atoms with Gasteiger partial charge in [0.05, 0.1) is 23.3 Å². The monoisotopic (exact) mass is 291 g/mol. The Kier molecular flexibility index (Phi) is 5.54. The van der Waals surface area contributed by atoms with Gasteiger partial charge in [-0.25, -0.2) is 0 Å². The Morgan fingerprint density at radius 2 is 1.73 bits per heavy atom. The van der Waals surface area contributed by atoms with Crippen LogP contribution in [-0.4, -0.2) is 25.1 Å². The van der Waals surface area contributed by atoms with Gasteiger partial charge < -0.3 is 4.74 Å². The molecule has 0 aliphatic heterocycles. The number of hydrogen-bond donors (Lipinski definition) is 0. The Morgan fingerprint density at radius 3 is 2.41 bits per heavy atom. The average Bonchev–Trinajstić information content (AvgIpc) is 2.55. The zero-order valence-electron chi connectivity index (χ0n) is 12.5. The fourth-order valence-electron chi connectivity index (χ4n) is 2.07. The Hall–Kier alpha value is -2.82. The number of rotatable bonds is 6. The van der Waals surface area contributed by atoms with Crippen LogP contribution in [0.4, 0.5) is 0 Å². The van der Waals surface area contributed by atoms with Gasteiger partial charge in [0, 0.05) is 13.1 Å². The van der Waals surface area contributed by atoms with Crippen molar-refractivity contribution < 1.29 is 4.74 Å². The van der Waals surface area contributed by atoms with Crippen LogP contribution in [0, 0.1) is 22.7 Å². The van der Waals surface area contributed by atoms with E-state index in [2.05, 4.69) is 17.0 Å². The van der Waals surface area contributed by atoms with Gasteiger partial charge in [-0.1, -0.05) is 12.1 Å².